The molecule has 0 heterocycles. The van der Waals surface area contributed by atoms with Gasteiger partial charge in [0.1, 0.15) is 11.6 Å². The second-order valence-corrected chi connectivity index (χ2v) is 4.63. The van der Waals surface area contributed by atoms with Crippen LogP contribution in [0.2, 0.25) is 0 Å². The number of ether oxygens (including phenoxy) is 1. The number of nitrogens with zero attached hydrogens (tertiary/aromatic N) is 1. The number of benzene rings is 1. The summed E-state index contributed by atoms with van der Waals surface area (Å²) in [5, 5.41) is 8.82. The second kappa shape index (κ2) is 5.53. The van der Waals surface area contributed by atoms with Gasteiger partial charge in [0.25, 0.3) is 0 Å². The molecule has 0 fully saturated rings. The fraction of sp³-hybridized carbons (Fsp3) is 0.462. The van der Waals surface area contributed by atoms with Crippen LogP contribution in [0.25, 0.3) is 0 Å². The Bertz CT molecular complexity index is 424. The van der Waals surface area contributed by atoms with Crippen LogP contribution < -0.4 is 10.5 Å². The van der Waals surface area contributed by atoms with Gasteiger partial charge in [0.15, 0.2) is 0 Å². The first-order valence-corrected chi connectivity index (χ1v) is 5.54. The van der Waals surface area contributed by atoms with E-state index in [-0.39, 0.29) is 11.1 Å². The topological polar surface area (TPSA) is 59.0 Å². The molecule has 1 rings (SSSR count). The molecule has 0 bridgehead atoms. The lowest BCUT2D eigenvalue weighted by Crippen LogP contribution is -2.10. The maximum absolute atomic E-state index is 13.1. The Morgan fingerprint density at radius 2 is 2.18 bits per heavy atom. The van der Waals surface area contributed by atoms with Gasteiger partial charge in [-0.15, -0.1) is 0 Å². The van der Waals surface area contributed by atoms with Gasteiger partial charge in [-0.2, -0.15) is 5.26 Å². The summed E-state index contributed by atoms with van der Waals surface area (Å²) in [6.07, 6.45) is 1.51. The third-order valence-electron chi connectivity index (χ3n) is 2.49. The molecule has 0 atom stereocenters. The minimum Gasteiger partial charge on any atom is -0.493 e. The molecule has 0 aliphatic rings. The fourth-order valence-corrected chi connectivity index (χ4v) is 1.36. The van der Waals surface area contributed by atoms with E-state index in [2.05, 4.69) is 6.07 Å². The zero-order valence-corrected chi connectivity index (χ0v) is 10.2. The Kier molecular flexibility index (Phi) is 4.33. The van der Waals surface area contributed by atoms with Gasteiger partial charge in [-0.05, 0) is 38.8 Å². The number of hydrogen-bond donors (Lipinski definition) is 1. The summed E-state index contributed by atoms with van der Waals surface area (Å²) in [4.78, 5) is 0. The highest BCUT2D eigenvalue weighted by Gasteiger charge is 2.15. The van der Waals surface area contributed by atoms with Crippen LogP contribution in [-0.2, 0) is 0 Å². The molecule has 0 aliphatic carbocycles. The molecule has 17 heavy (non-hydrogen) atoms. The van der Waals surface area contributed by atoms with Crippen molar-refractivity contribution < 1.29 is 9.13 Å². The molecule has 0 saturated carbocycles. The van der Waals surface area contributed by atoms with Gasteiger partial charge in [0.2, 0.25) is 0 Å². The zero-order chi connectivity index (χ0) is 12.9. The standard InChI is InChI=1S/C13H17FN2O/c1-13(2,9-15)6-3-7-17-10-4-5-12(16)11(14)8-10/h4-5,8H,3,6-7,16H2,1-2H3. The van der Waals surface area contributed by atoms with Gasteiger partial charge in [0.05, 0.1) is 23.8 Å². The van der Waals surface area contributed by atoms with Crippen LogP contribution in [0.15, 0.2) is 18.2 Å². The molecule has 0 radical (unpaired) electrons. The van der Waals surface area contributed by atoms with Crippen molar-refractivity contribution in [3.8, 4) is 11.8 Å². The first-order chi connectivity index (χ1) is 7.94. The van der Waals surface area contributed by atoms with E-state index in [0.29, 0.717) is 12.4 Å². The molecule has 1 aromatic rings. The molecule has 0 spiro atoms. The van der Waals surface area contributed by atoms with Crippen LogP contribution in [0.5, 0.6) is 5.75 Å². The summed E-state index contributed by atoms with van der Waals surface area (Å²) in [6.45, 7) is 4.24. The first-order valence-electron chi connectivity index (χ1n) is 5.54. The van der Waals surface area contributed by atoms with Crippen LogP contribution in [-0.4, -0.2) is 6.61 Å². The number of nitrogens with two attached hydrogens (primary N) is 1. The highest BCUT2D eigenvalue weighted by atomic mass is 19.1. The third-order valence-corrected chi connectivity index (χ3v) is 2.49. The lowest BCUT2D eigenvalue weighted by molar-refractivity contribution is 0.283. The van der Waals surface area contributed by atoms with E-state index in [1.165, 1.54) is 12.1 Å². The molecule has 4 heteroatoms. The van der Waals surface area contributed by atoms with Crippen molar-refractivity contribution in [3.63, 3.8) is 0 Å². The van der Waals surface area contributed by atoms with E-state index in [1.807, 2.05) is 13.8 Å². The summed E-state index contributed by atoms with van der Waals surface area (Å²) in [6, 6.07) is 6.60. The van der Waals surface area contributed by atoms with E-state index in [1.54, 1.807) is 6.07 Å². The Morgan fingerprint density at radius 1 is 1.47 bits per heavy atom. The molecule has 0 amide bonds. The van der Waals surface area contributed by atoms with Crippen LogP contribution in [0, 0.1) is 22.6 Å². The molecular formula is C13H17FN2O. The van der Waals surface area contributed by atoms with Gasteiger partial charge in [-0.1, -0.05) is 0 Å². The quantitative estimate of drug-likeness (QED) is 0.631. The summed E-state index contributed by atoms with van der Waals surface area (Å²) in [5.41, 5.74) is 5.13. The largest absolute Gasteiger partial charge is 0.493 e. The average Bonchev–Trinajstić information content (AvgIpc) is 2.29. The molecule has 2 N–H and O–H groups in total. The van der Waals surface area contributed by atoms with E-state index in [0.717, 1.165) is 12.8 Å². The summed E-state index contributed by atoms with van der Waals surface area (Å²) < 4.78 is 18.5. The summed E-state index contributed by atoms with van der Waals surface area (Å²) in [5.74, 6) is -0.00804. The maximum Gasteiger partial charge on any atom is 0.149 e. The average molecular weight is 236 g/mol. The molecule has 0 unspecified atom stereocenters. The van der Waals surface area contributed by atoms with Crippen molar-refractivity contribution in [3.05, 3.63) is 24.0 Å². The molecule has 1 aromatic carbocycles. The highest BCUT2D eigenvalue weighted by molar-refractivity contribution is 5.43. The zero-order valence-electron chi connectivity index (χ0n) is 10.2. The smallest absolute Gasteiger partial charge is 0.149 e. The number of anilines is 1. The summed E-state index contributed by atoms with van der Waals surface area (Å²) >= 11 is 0. The Hall–Kier alpha value is -1.76. The van der Waals surface area contributed by atoms with E-state index in [4.69, 9.17) is 15.7 Å². The molecular weight excluding hydrogens is 219 g/mol. The first kappa shape index (κ1) is 13.3. The van der Waals surface area contributed by atoms with Crippen molar-refractivity contribution in [2.75, 3.05) is 12.3 Å². The lowest BCUT2D eigenvalue weighted by atomic mass is 9.90. The molecule has 0 aliphatic heterocycles. The number of rotatable bonds is 5. The molecule has 0 aromatic heterocycles. The highest BCUT2D eigenvalue weighted by Crippen LogP contribution is 2.22. The van der Waals surface area contributed by atoms with Gasteiger partial charge in [0, 0.05) is 6.07 Å². The van der Waals surface area contributed by atoms with E-state index < -0.39 is 5.82 Å². The monoisotopic (exact) mass is 236 g/mol. The van der Waals surface area contributed by atoms with Crippen LogP contribution in [0.4, 0.5) is 10.1 Å². The van der Waals surface area contributed by atoms with Crippen molar-refractivity contribution in [2.45, 2.75) is 26.7 Å². The molecule has 3 nitrogen and oxygen atoms in total. The van der Waals surface area contributed by atoms with Crippen LogP contribution in [0.1, 0.15) is 26.7 Å². The number of nitriles is 1. The van der Waals surface area contributed by atoms with Crippen molar-refractivity contribution >= 4 is 5.69 Å². The maximum atomic E-state index is 13.1. The van der Waals surface area contributed by atoms with Crippen LogP contribution >= 0.6 is 0 Å². The Balaban J connectivity index is 2.37. The number of nitrogen functional groups attached to an aromatic ring is 1. The van der Waals surface area contributed by atoms with Crippen molar-refractivity contribution in [1.29, 1.82) is 5.26 Å². The normalized spacial score (nSPS) is 10.9. The second-order valence-electron chi connectivity index (χ2n) is 4.63. The lowest BCUT2D eigenvalue weighted by Gasteiger charge is -2.14. The van der Waals surface area contributed by atoms with E-state index >= 15 is 0 Å². The van der Waals surface area contributed by atoms with Crippen molar-refractivity contribution in [2.24, 2.45) is 5.41 Å². The third kappa shape index (κ3) is 4.31. The van der Waals surface area contributed by atoms with Gasteiger partial charge < -0.3 is 10.5 Å². The predicted octanol–water partition coefficient (Wildman–Crippen LogP) is 3.12. The summed E-state index contributed by atoms with van der Waals surface area (Å²) in [7, 11) is 0. The van der Waals surface area contributed by atoms with Crippen molar-refractivity contribution in [1.82, 2.24) is 0 Å². The number of hydrogen-bond acceptors (Lipinski definition) is 3. The minimum absolute atomic E-state index is 0.114. The van der Waals surface area contributed by atoms with Crippen LogP contribution in [0.3, 0.4) is 0 Å². The minimum atomic E-state index is -0.472. The van der Waals surface area contributed by atoms with E-state index in [9.17, 15) is 4.39 Å². The fourth-order valence-electron chi connectivity index (χ4n) is 1.36. The number of halogens is 1. The Morgan fingerprint density at radius 3 is 2.76 bits per heavy atom. The van der Waals surface area contributed by atoms with Gasteiger partial charge in [-0.25, -0.2) is 4.39 Å². The van der Waals surface area contributed by atoms with Gasteiger partial charge >= 0.3 is 0 Å². The molecule has 92 valence electrons. The SMILES string of the molecule is CC(C)(C#N)CCCOc1ccc(N)c(F)c1. The van der Waals surface area contributed by atoms with Gasteiger partial charge in [-0.3, -0.25) is 0 Å². The molecule has 0 saturated heterocycles. The predicted molar refractivity (Wildman–Crippen MR) is 64.9 cm³/mol. The Labute approximate surface area is 101 Å².